The van der Waals surface area contributed by atoms with Crippen LogP contribution in [0.4, 0.5) is 0 Å². The Labute approximate surface area is 215 Å². The number of hydrogen-bond acceptors (Lipinski definition) is 7. The monoisotopic (exact) mass is 575 g/mol. The molecule has 0 fully saturated rings. The number of thiazole rings is 1. The second-order valence-electron chi connectivity index (χ2n) is 7.30. The maximum atomic E-state index is 13.0. The number of hydrogen-bond donors (Lipinski definition) is 0. The fourth-order valence-electron chi connectivity index (χ4n) is 3.30. The van der Waals surface area contributed by atoms with E-state index in [9.17, 15) is 13.2 Å². The minimum Gasteiger partial charge on any atom is -0.383 e. The average Bonchev–Trinajstić information content (AvgIpc) is 3.18. The highest BCUT2D eigenvalue weighted by Gasteiger charge is 2.24. The standard InChI is InChI=1S/C23H22BrN5O4S2/c1-33-15-14-29-20-9-6-18(24)16-21(20)34-23(29)27-22(30)17-4-7-19(8-5-17)35(31,32)28(12-2-10-25)13-3-11-26/h4-9,16H,2-3,12-15H2,1H3. The lowest BCUT2D eigenvalue weighted by atomic mass is 10.2. The van der Waals surface area contributed by atoms with Crippen LogP contribution in [0, 0.1) is 22.7 Å². The van der Waals surface area contributed by atoms with E-state index < -0.39 is 15.9 Å². The molecule has 2 aromatic carbocycles. The lowest BCUT2D eigenvalue weighted by Crippen LogP contribution is -2.32. The van der Waals surface area contributed by atoms with Crippen LogP contribution in [-0.4, -0.2) is 50.0 Å². The summed E-state index contributed by atoms with van der Waals surface area (Å²) in [6.45, 7) is 0.937. The van der Waals surface area contributed by atoms with Crippen LogP contribution in [0.5, 0.6) is 0 Å². The van der Waals surface area contributed by atoms with E-state index in [1.165, 1.54) is 35.6 Å². The largest absolute Gasteiger partial charge is 0.383 e. The Morgan fingerprint density at radius 1 is 1.14 bits per heavy atom. The Bertz CT molecular complexity index is 1450. The van der Waals surface area contributed by atoms with Gasteiger partial charge in [-0.1, -0.05) is 27.3 Å². The summed E-state index contributed by atoms with van der Waals surface area (Å²) >= 11 is 4.83. The van der Waals surface area contributed by atoms with Gasteiger partial charge in [-0.15, -0.1) is 0 Å². The predicted octanol–water partition coefficient (Wildman–Crippen LogP) is 3.67. The molecule has 0 aliphatic rings. The molecule has 0 unspecified atom stereocenters. The number of sulfonamides is 1. The van der Waals surface area contributed by atoms with Gasteiger partial charge in [0.25, 0.3) is 5.91 Å². The first kappa shape index (κ1) is 26.7. The Kier molecular flexibility index (Phi) is 9.32. The zero-order chi connectivity index (χ0) is 25.4. The zero-order valence-corrected chi connectivity index (χ0v) is 22.1. The highest BCUT2D eigenvalue weighted by Crippen LogP contribution is 2.23. The maximum Gasteiger partial charge on any atom is 0.279 e. The molecule has 0 atom stereocenters. The molecule has 9 nitrogen and oxygen atoms in total. The van der Waals surface area contributed by atoms with Gasteiger partial charge in [-0.05, 0) is 42.5 Å². The van der Waals surface area contributed by atoms with Gasteiger partial charge in [0.2, 0.25) is 10.0 Å². The normalized spacial score (nSPS) is 12.1. The third-order valence-corrected chi connectivity index (χ3v) is 8.49. The molecule has 0 N–H and O–H groups in total. The minimum atomic E-state index is -3.92. The van der Waals surface area contributed by atoms with E-state index in [1.807, 2.05) is 34.9 Å². The molecule has 1 amide bonds. The van der Waals surface area contributed by atoms with Crippen molar-refractivity contribution in [2.75, 3.05) is 26.8 Å². The fraction of sp³-hybridized carbons (Fsp3) is 0.304. The van der Waals surface area contributed by atoms with E-state index in [0.29, 0.717) is 18.0 Å². The van der Waals surface area contributed by atoms with Crippen molar-refractivity contribution < 1.29 is 17.9 Å². The van der Waals surface area contributed by atoms with Gasteiger partial charge in [-0.3, -0.25) is 4.79 Å². The predicted molar refractivity (Wildman–Crippen MR) is 135 cm³/mol. The van der Waals surface area contributed by atoms with E-state index >= 15 is 0 Å². The molecule has 1 aromatic heterocycles. The molecular weight excluding hydrogens is 554 g/mol. The smallest absolute Gasteiger partial charge is 0.279 e. The number of carbonyl (C=O) groups excluding carboxylic acids is 1. The molecule has 12 heteroatoms. The number of halogens is 1. The molecule has 182 valence electrons. The SMILES string of the molecule is COCCn1c(=NC(=O)c2ccc(S(=O)(=O)N(CCC#N)CCC#N)cc2)sc2cc(Br)ccc21. The van der Waals surface area contributed by atoms with Crippen LogP contribution in [0.25, 0.3) is 10.2 Å². The molecule has 0 aliphatic carbocycles. The maximum absolute atomic E-state index is 13.0. The first-order chi connectivity index (χ1) is 16.8. The fourth-order valence-corrected chi connectivity index (χ4v) is 6.35. The lowest BCUT2D eigenvalue weighted by molar-refractivity contribution is 0.0997. The van der Waals surface area contributed by atoms with Crippen molar-refractivity contribution in [3.63, 3.8) is 0 Å². The number of carbonyl (C=O) groups is 1. The second-order valence-corrected chi connectivity index (χ2v) is 11.2. The van der Waals surface area contributed by atoms with E-state index in [-0.39, 0.29) is 36.4 Å². The van der Waals surface area contributed by atoms with Gasteiger partial charge < -0.3 is 9.30 Å². The number of nitriles is 2. The van der Waals surface area contributed by atoms with Gasteiger partial charge in [-0.25, -0.2) is 8.42 Å². The van der Waals surface area contributed by atoms with Crippen molar-refractivity contribution in [2.45, 2.75) is 24.3 Å². The first-order valence-electron chi connectivity index (χ1n) is 10.5. The van der Waals surface area contributed by atoms with Crippen molar-refractivity contribution in [3.05, 3.63) is 57.3 Å². The van der Waals surface area contributed by atoms with Crippen LogP contribution in [0.2, 0.25) is 0 Å². The number of ether oxygens (including phenoxy) is 1. The summed E-state index contributed by atoms with van der Waals surface area (Å²) in [5, 5.41) is 17.7. The van der Waals surface area contributed by atoms with E-state index in [4.69, 9.17) is 15.3 Å². The Hall–Kier alpha value is -2.87. The molecule has 0 spiro atoms. The van der Waals surface area contributed by atoms with Crippen molar-refractivity contribution in [1.82, 2.24) is 8.87 Å². The molecule has 0 radical (unpaired) electrons. The summed E-state index contributed by atoms with van der Waals surface area (Å²) in [5.74, 6) is -0.503. The summed E-state index contributed by atoms with van der Waals surface area (Å²) in [6.07, 6.45) is 0.0177. The Morgan fingerprint density at radius 2 is 1.80 bits per heavy atom. The van der Waals surface area contributed by atoms with Crippen LogP contribution in [0.15, 0.2) is 56.8 Å². The highest BCUT2D eigenvalue weighted by atomic mass is 79.9. The molecule has 1 heterocycles. The molecule has 0 saturated heterocycles. The number of benzene rings is 2. The Balaban J connectivity index is 1.92. The van der Waals surface area contributed by atoms with Gasteiger partial charge >= 0.3 is 0 Å². The van der Waals surface area contributed by atoms with E-state index in [1.54, 1.807) is 7.11 Å². The van der Waals surface area contributed by atoms with Crippen LogP contribution in [0.3, 0.4) is 0 Å². The van der Waals surface area contributed by atoms with Gasteiger partial charge in [0.1, 0.15) is 0 Å². The number of fused-ring (bicyclic) bond motifs is 1. The third kappa shape index (κ3) is 6.42. The van der Waals surface area contributed by atoms with Crippen molar-refractivity contribution in [1.29, 1.82) is 10.5 Å². The zero-order valence-electron chi connectivity index (χ0n) is 18.8. The molecule has 3 aromatic rings. The van der Waals surface area contributed by atoms with Crippen molar-refractivity contribution in [2.24, 2.45) is 4.99 Å². The summed E-state index contributed by atoms with van der Waals surface area (Å²) < 4.78 is 36.0. The quantitative estimate of drug-likeness (QED) is 0.362. The van der Waals surface area contributed by atoms with Crippen molar-refractivity contribution in [3.8, 4) is 12.1 Å². The number of rotatable bonds is 10. The summed E-state index contributed by atoms with van der Waals surface area (Å²) in [5.41, 5.74) is 1.17. The lowest BCUT2D eigenvalue weighted by Gasteiger charge is -2.20. The molecular formula is C23H22BrN5O4S2. The Morgan fingerprint density at radius 3 is 2.40 bits per heavy atom. The van der Waals surface area contributed by atoms with Crippen LogP contribution < -0.4 is 4.80 Å². The first-order valence-corrected chi connectivity index (χ1v) is 13.6. The molecule has 0 bridgehead atoms. The minimum absolute atomic E-state index is 0.00885. The average molecular weight is 576 g/mol. The van der Waals surface area contributed by atoms with Gasteiger partial charge in [0.05, 0.1) is 33.9 Å². The van der Waals surface area contributed by atoms with Gasteiger partial charge in [0, 0.05) is 49.6 Å². The number of methoxy groups -OCH3 is 1. The third-order valence-electron chi connectivity index (χ3n) is 5.05. The van der Waals surface area contributed by atoms with Gasteiger partial charge in [-0.2, -0.15) is 19.8 Å². The van der Waals surface area contributed by atoms with Gasteiger partial charge in [0.15, 0.2) is 4.80 Å². The van der Waals surface area contributed by atoms with Crippen LogP contribution in [0.1, 0.15) is 23.2 Å². The number of nitrogens with zero attached hydrogens (tertiary/aromatic N) is 5. The second kappa shape index (κ2) is 12.2. The topological polar surface area (TPSA) is 129 Å². The number of aromatic nitrogens is 1. The van der Waals surface area contributed by atoms with E-state index in [2.05, 4.69) is 20.9 Å². The van der Waals surface area contributed by atoms with Crippen molar-refractivity contribution >= 4 is 53.4 Å². The van der Waals surface area contributed by atoms with E-state index in [0.717, 1.165) is 19.0 Å². The van der Waals surface area contributed by atoms with Crippen LogP contribution in [-0.2, 0) is 21.3 Å². The summed E-state index contributed by atoms with van der Waals surface area (Å²) in [4.78, 5) is 17.7. The number of amides is 1. The molecule has 35 heavy (non-hydrogen) atoms. The van der Waals surface area contributed by atoms with Crippen LogP contribution >= 0.6 is 27.3 Å². The molecule has 0 saturated carbocycles. The molecule has 3 rings (SSSR count). The summed E-state index contributed by atoms with van der Waals surface area (Å²) in [7, 11) is -2.31. The summed E-state index contributed by atoms with van der Waals surface area (Å²) in [6, 6.07) is 15.1. The molecule has 0 aliphatic heterocycles. The highest BCUT2D eigenvalue weighted by molar-refractivity contribution is 9.10.